The third-order valence-corrected chi connectivity index (χ3v) is 4.68. The molecule has 1 aliphatic rings. The first-order valence-corrected chi connectivity index (χ1v) is 8.13. The number of likely N-dealkylation sites (tertiary alicyclic amines) is 1. The molecule has 1 saturated heterocycles. The molecule has 0 bridgehead atoms. The lowest BCUT2D eigenvalue weighted by molar-refractivity contribution is -0.144. The van der Waals surface area contributed by atoms with Gasteiger partial charge in [-0.25, -0.2) is 4.79 Å². The summed E-state index contributed by atoms with van der Waals surface area (Å²) in [5, 5.41) is 9.41. The van der Waals surface area contributed by atoms with E-state index in [9.17, 15) is 14.7 Å². The molecule has 126 valence electrons. The van der Waals surface area contributed by atoms with E-state index in [2.05, 4.69) is 15.9 Å². The first-order valence-electron chi connectivity index (χ1n) is 7.34. The van der Waals surface area contributed by atoms with E-state index in [0.717, 1.165) is 6.42 Å². The minimum Gasteiger partial charge on any atom is -0.493 e. The Morgan fingerprint density at radius 2 is 2.00 bits per heavy atom. The van der Waals surface area contributed by atoms with E-state index in [1.54, 1.807) is 12.1 Å². The van der Waals surface area contributed by atoms with Gasteiger partial charge in [-0.2, -0.15) is 0 Å². The molecule has 2 rings (SSSR count). The number of rotatable bonds is 4. The van der Waals surface area contributed by atoms with Gasteiger partial charge < -0.3 is 19.5 Å². The van der Waals surface area contributed by atoms with Gasteiger partial charge in [0, 0.05) is 12.1 Å². The fourth-order valence-electron chi connectivity index (χ4n) is 2.83. The Labute approximate surface area is 143 Å². The van der Waals surface area contributed by atoms with Crippen LogP contribution in [0.2, 0.25) is 0 Å². The van der Waals surface area contributed by atoms with Crippen LogP contribution in [0.5, 0.6) is 11.5 Å². The zero-order valence-corrected chi connectivity index (χ0v) is 14.9. The number of hydrogen-bond donors (Lipinski definition) is 1. The highest BCUT2D eigenvalue weighted by Gasteiger charge is 2.35. The Bertz CT molecular complexity index is 619. The Morgan fingerprint density at radius 1 is 1.30 bits per heavy atom. The van der Waals surface area contributed by atoms with Crippen LogP contribution < -0.4 is 9.47 Å². The summed E-state index contributed by atoms with van der Waals surface area (Å²) in [6, 6.07) is 2.40. The van der Waals surface area contributed by atoms with Gasteiger partial charge in [-0.05, 0) is 46.8 Å². The first kappa shape index (κ1) is 17.6. The molecule has 7 heteroatoms. The second-order valence-corrected chi connectivity index (χ2v) is 6.53. The molecule has 1 aromatic rings. The van der Waals surface area contributed by atoms with E-state index in [1.807, 2.05) is 6.92 Å². The van der Waals surface area contributed by atoms with Crippen LogP contribution in [0.4, 0.5) is 0 Å². The number of nitrogens with zero attached hydrogens (tertiary/aromatic N) is 1. The number of piperidine rings is 1. The standard InChI is InChI=1S/C16H20BrNO5/c1-9-4-5-18(12(6-9)16(20)21)15(19)10-7-11(17)14(23-3)13(8-10)22-2/h7-9,12H,4-6H2,1-3H3,(H,20,21). The fourth-order valence-corrected chi connectivity index (χ4v) is 3.43. The third-order valence-electron chi connectivity index (χ3n) is 4.09. The molecule has 1 amide bonds. The molecule has 1 aromatic carbocycles. The summed E-state index contributed by atoms with van der Waals surface area (Å²) in [7, 11) is 3.00. The van der Waals surface area contributed by atoms with Gasteiger partial charge in [0.1, 0.15) is 6.04 Å². The number of halogens is 1. The van der Waals surface area contributed by atoms with E-state index in [4.69, 9.17) is 9.47 Å². The number of carbonyl (C=O) groups excluding carboxylic acids is 1. The number of benzene rings is 1. The highest BCUT2D eigenvalue weighted by molar-refractivity contribution is 9.10. The summed E-state index contributed by atoms with van der Waals surface area (Å²) in [4.78, 5) is 25.7. The number of amides is 1. The Morgan fingerprint density at radius 3 is 2.57 bits per heavy atom. The van der Waals surface area contributed by atoms with Crippen molar-refractivity contribution in [3.63, 3.8) is 0 Å². The molecule has 23 heavy (non-hydrogen) atoms. The number of carboxylic acid groups (broad SMARTS) is 1. The van der Waals surface area contributed by atoms with Gasteiger partial charge in [0.25, 0.3) is 5.91 Å². The fraction of sp³-hybridized carbons (Fsp3) is 0.500. The zero-order valence-electron chi connectivity index (χ0n) is 13.3. The predicted octanol–water partition coefficient (Wildman–Crippen LogP) is 2.79. The summed E-state index contributed by atoms with van der Waals surface area (Å²) in [5.41, 5.74) is 0.371. The number of hydrogen-bond acceptors (Lipinski definition) is 4. The minimum absolute atomic E-state index is 0.289. The molecule has 2 unspecified atom stereocenters. The summed E-state index contributed by atoms with van der Waals surface area (Å²) >= 11 is 3.35. The topological polar surface area (TPSA) is 76.1 Å². The van der Waals surface area contributed by atoms with Crippen molar-refractivity contribution in [1.29, 1.82) is 0 Å². The van der Waals surface area contributed by atoms with E-state index in [-0.39, 0.29) is 11.8 Å². The van der Waals surface area contributed by atoms with Crippen molar-refractivity contribution in [2.24, 2.45) is 5.92 Å². The Kier molecular flexibility index (Phi) is 5.51. The molecule has 6 nitrogen and oxygen atoms in total. The van der Waals surface area contributed by atoms with Crippen LogP contribution in [0.3, 0.4) is 0 Å². The molecular weight excluding hydrogens is 366 g/mol. The molecule has 0 aliphatic carbocycles. The molecule has 0 saturated carbocycles. The maximum atomic E-state index is 12.8. The van der Waals surface area contributed by atoms with Crippen LogP contribution in [0.15, 0.2) is 16.6 Å². The van der Waals surface area contributed by atoms with Crippen molar-refractivity contribution in [3.05, 3.63) is 22.2 Å². The van der Waals surface area contributed by atoms with Crippen molar-refractivity contribution >= 4 is 27.8 Å². The third kappa shape index (κ3) is 3.60. The van der Waals surface area contributed by atoms with E-state index in [1.165, 1.54) is 19.1 Å². The summed E-state index contributed by atoms with van der Waals surface area (Å²) in [6.07, 6.45) is 1.26. The van der Waals surface area contributed by atoms with Gasteiger partial charge in [-0.3, -0.25) is 4.79 Å². The smallest absolute Gasteiger partial charge is 0.326 e. The quantitative estimate of drug-likeness (QED) is 0.861. The van der Waals surface area contributed by atoms with Gasteiger partial charge in [0.05, 0.1) is 18.7 Å². The summed E-state index contributed by atoms with van der Waals surface area (Å²) < 4.78 is 11.1. The maximum Gasteiger partial charge on any atom is 0.326 e. The van der Waals surface area contributed by atoms with Gasteiger partial charge in [0.15, 0.2) is 11.5 Å². The first-order chi connectivity index (χ1) is 10.9. The van der Waals surface area contributed by atoms with E-state index < -0.39 is 12.0 Å². The van der Waals surface area contributed by atoms with Gasteiger partial charge in [0.2, 0.25) is 0 Å². The van der Waals surface area contributed by atoms with Gasteiger partial charge in [-0.15, -0.1) is 0 Å². The average molecular weight is 386 g/mol. The zero-order chi connectivity index (χ0) is 17.1. The number of methoxy groups -OCH3 is 2. The molecule has 0 aromatic heterocycles. The van der Waals surface area contributed by atoms with Crippen LogP contribution in [0.25, 0.3) is 0 Å². The van der Waals surface area contributed by atoms with Crippen LogP contribution in [0, 0.1) is 5.92 Å². The van der Waals surface area contributed by atoms with Crippen molar-refractivity contribution in [3.8, 4) is 11.5 Å². The molecule has 0 spiro atoms. The van der Waals surface area contributed by atoms with Crippen molar-refractivity contribution in [1.82, 2.24) is 4.90 Å². The highest BCUT2D eigenvalue weighted by Crippen LogP contribution is 2.37. The van der Waals surface area contributed by atoms with Crippen LogP contribution in [-0.2, 0) is 4.79 Å². The van der Waals surface area contributed by atoms with E-state index in [0.29, 0.717) is 34.5 Å². The van der Waals surface area contributed by atoms with Gasteiger partial charge in [-0.1, -0.05) is 6.92 Å². The predicted molar refractivity (Wildman–Crippen MR) is 88.1 cm³/mol. The number of carbonyl (C=O) groups is 2. The van der Waals surface area contributed by atoms with Crippen molar-refractivity contribution < 1.29 is 24.2 Å². The molecule has 0 radical (unpaired) electrons. The largest absolute Gasteiger partial charge is 0.493 e. The lowest BCUT2D eigenvalue weighted by Crippen LogP contribution is -2.49. The molecule has 1 heterocycles. The lowest BCUT2D eigenvalue weighted by Gasteiger charge is -2.36. The Hall–Kier alpha value is -1.76. The molecule has 1 fully saturated rings. The number of carboxylic acids is 1. The number of ether oxygens (including phenoxy) is 2. The maximum absolute atomic E-state index is 12.8. The van der Waals surface area contributed by atoms with Gasteiger partial charge >= 0.3 is 5.97 Å². The molecule has 2 atom stereocenters. The second-order valence-electron chi connectivity index (χ2n) is 5.68. The lowest BCUT2D eigenvalue weighted by atomic mass is 9.92. The second kappa shape index (κ2) is 7.21. The molecule has 1 N–H and O–H groups in total. The normalized spacial score (nSPS) is 21.0. The minimum atomic E-state index is -0.968. The Balaban J connectivity index is 2.35. The van der Waals surface area contributed by atoms with E-state index >= 15 is 0 Å². The monoisotopic (exact) mass is 385 g/mol. The molecular formula is C16H20BrNO5. The molecule has 1 aliphatic heterocycles. The average Bonchev–Trinajstić information content (AvgIpc) is 2.53. The summed E-state index contributed by atoms with van der Waals surface area (Å²) in [6.45, 7) is 2.44. The van der Waals surface area contributed by atoms with Crippen LogP contribution in [0.1, 0.15) is 30.1 Å². The number of aliphatic carboxylic acids is 1. The summed E-state index contributed by atoms with van der Waals surface area (Å²) in [5.74, 6) is -0.0822. The van der Waals surface area contributed by atoms with Crippen LogP contribution in [-0.4, -0.2) is 48.7 Å². The van der Waals surface area contributed by atoms with Crippen LogP contribution >= 0.6 is 15.9 Å². The van der Waals surface area contributed by atoms with Crippen molar-refractivity contribution in [2.45, 2.75) is 25.8 Å². The van der Waals surface area contributed by atoms with Crippen molar-refractivity contribution in [2.75, 3.05) is 20.8 Å². The highest BCUT2D eigenvalue weighted by atomic mass is 79.9. The SMILES string of the molecule is COc1cc(C(=O)N2CCC(C)CC2C(=O)O)cc(Br)c1OC.